The van der Waals surface area contributed by atoms with Crippen LogP contribution in [-0.4, -0.2) is 20.6 Å². The average Bonchev–Trinajstić information content (AvgIpc) is 2.70. The van der Waals surface area contributed by atoms with E-state index in [9.17, 15) is 0 Å². The molecule has 4 nitrogen and oxygen atoms in total. The molecule has 1 N–H and O–H groups in total. The topological polar surface area (TPSA) is 42.2 Å². The lowest BCUT2D eigenvalue weighted by Crippen LogP contribution is -2.32. The van der Waals surface area contributed by atoms with Gasteiger partial charge in [-0.25, -0.2) is 0 Å². The molecule has 2 aromatic heterocycles. The Labute approximate surface area is 114 Å². The molecule has 0 amide bonds. The number of aromatic nitrogens is 3. The van der Waals surface area contributed by atoms with E-state index in [4.69, 9.17) is 0 Å². The number of nitrogens with one attached hydrogen (secondary N) is 1. The molecule has 2 heterocycles. The van der Waals surface area contributed by atoms with Crippen molar-refractivity contribution >= 4 is 5.65 Å². The van der Waals surface area contributed by atoms with Crippen LogP contribution in [0.2, 0.25) is 0 Å². The maximum Gasteiger partial charge on any atom is 0.160 e. The Kier molecular flexibility index (Phi) is 3.78. The molecule has 0 radical (unpaired) electrons. The normalized spacial score (nSPS) is 19.4. The van der Waals surface area contributed by atoms with E-state index in [0.717, 1.165) is 11.5 Å². The molecular formula is C15H22N4. The highest BCUT2D eigenvalue weighted by Gasteiger charge is 2.18. The Morgan fingerprint density at radius 2 is 1.95 bits per heavy atom. The molecule has 3 rings (SSSR count). The zero-order valence-electron chi connectivity index (χ0n) is 11.5. The van der Waals surface area contributed by atoms with Crippen molar-refractivity contribution in [2.24, 2.45) is 0 Å². The van der Waals surface area contributed by atoms with Crippen molar-refractivity contribution in [1.82, 2.24) is 19.9 Å². The van der Waals surface area contributed by atoms with Gasteiger partial charge in [0.15, 0.2) is 11.5 Å². The number of hydrogen-bond donors (Lipinski definition) is 1. The molecule has 4 heteroatoms. The van der Waals surface area contributed by atoms with Crippen molar-refractivity contribution in [2.45, 2.75) is 57.5 Å². The third-order valence-electron chi connectivity index (χ3n) is 4.07. The maximum absolute atomic E-state index is 4.33. The molecule has 102 valence electrons. The van der Waals surface area contributed by atoms with Crippen LogP contribution in [0.1, 0.15) is 57.3 Å². The largest absolute Gasteiger partial charge is 0.305 e. The lowest BCUT2D eigenvalue weighted by Gasteiger charge is -2.20. The molecule has 1 fully saturated rings. The zero-order chi connectivity index (χ0) is 13.1. The van der Waals surface area contributed by atoms with Gasteiger partial charge in [0.05, 0.1) is 6.04 Å². The Morgan fingerprint density at radius 3 is 2.74 bits per heavy atom. The van der Waals surface area contributed by atoms with Crippen LogP contribution in [-0.2, 0) is 0 Å². The Morgan fingerprint density at radius 1 is 1.16 bits per heavy atom. The van der Waals surface area contributed by atoms with Crippen LogP contribution < -0.4 is 5.32 Å². The van der Waals surface area contributed by atoms with E-state index in [1.165, 1.54) is 38.5 Å². The molecular weight excluding hydrogens is 236 g/mol. The van der Waals surface area contributed by atoms with Crippen molar-refractivity contribution in [3.05, 3.63) is 30.2 Å². The summed E-state index contributed by atoms with van der Waals surface area (Å²) in [5, 5.41) is 12.3. The summed E-state index contributed by atoms with van der Waals surface area (Å²) in [6.45, 7) is 2.19. The van der Waals surface area contributed by atoms with Gasteiger partial charge in [-0.05, 0) is 31.9 Å². The Bertz CT molecular complexity index is 526. The van der Waals surface area contributed by atoms with Crippen molar-refractivity contribution < 1.29 is 0 Å². The first kappa shape index (κ1) is 12.6. The number of fused-ring (bicyclic) bond motifs is 1. The smallest absolute Gasteiger partial charge is 0.160 e. The molecule has 0 bridgehead atoms. The van der Waals surface area contributed by atoms with Crippen molar-refractivity contribution in [2.75, 3.05) is 0 Å². The van der Waals surface area contributed by atoms with E-state index >= 15 is 0 Å². The fourth-order valence-corrected chi connectivity index (χ4v) is 3.03. The first-order chi connectivity index (χ1) is 9.34. The minimum absolute atomic E-state index is 0.250. The molecule has 2 aromatic rings. The second kappa shape index (κ2) is 5.70. The summed E-state index contributed by atoms with van der Waals surface area (Å²) in [5.74, 6) is 1.01. The van der Waals surface area contributed by atoms with E-state index in [-0.39, 0.29) is 6.04 Å². The second-order valence-electron chi connectivity index (χ2n) is 5.56. The summed E-state index contributed by atoms with van der Waals surface area (Å²) in [6.07, 6.45) is 10.1. The number of pyridine rings is 1. The first-order valence-corrected chi connectivity index (χ1v) is 7.40. The van der Waals surface area contributed by atoms with Gasteiger partial charge >= 0.3 is 0 Å². The SMILES string of the molecule is CC(NC1CCCCCC1)c1nnc2ccccn12. The fourth-order valence-electron chi connectivity index (χ4n) is 3.03. The molecule has 19 heavy (non-hydrogen) atoms. The number of nitrogens with zero attached hydrogens (tertiary/aromatic N) is 3. The summed E-state index contributed by atoms with van der Waals surface area (Å²) in [7, 11) is 0. The van der Waals surface area contributed by atoms with Gasteiger partial charge in [-0.15, -0.1) is 10.2 Å². The lowest BCUT2D eigenvalue weighted by atomic mass is 10.1. The van der Waals surface area contributed by atoms with Gasteiger partial charge in [0, 0.05) is 12.2 Å². The van der Waals surface area contributed by atoms with Crippen LogP contribution in [0.5, 0.6) is 0 Å². The highest BCUT2D eigenvalue weighted by Crippen LogP contribution is 2.20. The van der Waals surface area contributed by atoms with Crippen molar-refractivity contribution in [3.63, 3.8) is 0 Å². The van der Waals surface area contributed by atoms with E-state index in [1.807, 2.05) is 24.4 Å². The molecule has 0 saturated heterocycles. The molecule has 1 aliphatic carbocycles. The number of rotatable bonds is 3. The summed E-state index contributed by atoms with van der Waals surface area (Å²) in [4.78, 5) is 0. The fraction of sp³-hybridized carbons (Fsp3) is 0.600. The molecule has 1 aliphatic rings. The molecule has 1 unspecified atom stereocenters. The molecule has 0 spiro atoms. The molecule has 1 saturated carbocycles. The molecule has 1 atom stereocenters. The first-order valence-electron chi connectivity index (χ1n) is 7.40. The summed E-state index contributed by atoms with van der Waals surface area (Å²) < 4.78 is 2.08. The van der Waals surface area contributed by atoms with Crippen LogP contribution in [0.4, 0.5) is 0 Å². The monoisotopic (exact) mass is 258 g/mol. The van der Waals surface area contributed by atoms with Crippen LogP contribution in [0.25, 0.3) is 5.65 Å². The number of hydrogen-bond acceptors (Lipinski definition) is 3. The van der Waals surface area contributed by atoms with Gasteiger partial charge in [0.25, 0.3) is 0 Å². The zero-order valence-corrected chi connectivity index (χ0v) is 11.5. The lowest BCUT2D eigenvalue weighted by molar-refractivity contribution is 0.403. The maximum atomic E-state index is 4.33. The Balaban J connectivity index is 1.74. The third kappa shape index (κ3) is 2.78. The van der Waals surface area contributed by atoms with Crippen molar-refractivity contribution in [3.8, 4) is 0 Å². The van der Waals surface area contributed by atoms with Gasteiger partial charge in [-0.1, -0.05) is 31.7 Å². The standard InChI is InChI=1S/C15H22N4/c1-12(16-13-8-4-2-3-5-9-13)15-18-17-14-10-6-7-11-19(14)15/h6-7,10-13,16H,2-5,8-9H2,1H3. The van der Waals surface area contributed by atoms with Crippen molar-refractivity contribution in [1.29, 1.82) is 0 Å². The van der Waals surface area contributed by atoms with Crippen LogP contribution in [0, 0.1) is 0 Å². The van der Waals surface area contributed by atoms with Crippen LogP contribution in [0.15, 0.2) is 24.4 Å². The second-order valence-corrected chi connectivity index (χ2v) is 5.56. The van der Waals surface area contributed by atoms with Gasteiger partial charge in [0.1, 0.15) is 0 Å². The minimum Gasteiger partial charge on any atom is -0.305 e. The minimum atomic E-state index is 0.250. The highest BCUT2D eigenvalue weighted by molar-refractivity contribution is 5.37. The Hall–Kier alpha value is -1.42. The van der Waals surface area contributed by atoms with E-state index in [1.54, 1.807) is 0 Å². The van der Waals surface area contributed by atoms with E-state index in [0.29, 0.717) is 6.04 Å². The molecule has 0 aliphatic heterocycles. The van der Waals surface area contributed by atoms with Gasteiger partial charge in [-0.2, -0.15) is 0 Å². The molecule has 0 aromatic carbocycles. The van der Waals surface area contributed by atoms with Gasteiger partial charge < -0.3 is 5.32 Å². The van der Waals surface area contributed by atoms with Gasteiger partial charge in [0.2, 0.25) is 0 Å². The average molecular weight is 258 g/mol. The van der Waals surface area contributed by atoms with E-state index < -0.39 is 0 Å². The predicted octanol–water partition coefficient (Wildman–Crippen LogP) is 3.10. The third-order valence-corrected chi connectivity index (χ3v) is 4.07. The predicted molar refractivity (Wildman–Crippen MR) is 76.0 cm³/mol. The summed E-state index contributed by atoms with van der Waals surface area (Å²) >= 11 is 0. The van der Waals surface area contributed by atoms with Gasteiger partial charge in [-0.3, -0.25) is 4.40 Å². The highest BCUT2D eigenvalue weighted by atomic mass is 15.3. The quantitative estimate of drug-likeness (QED) is 0.860. The summed E-state index contributed by atoms with van der Waals surface area (Å²) in [6, 6.07) is 6.90. The van der Waals surface area contributed by atoms with Crippen LogP contribution >= 0.6 is 0 Å². The van der Waals surface area contributed by atoms with Crippen LogP contribution in [0.3, 0.4) is 0 Å². The summed E-state index contributed by atoms with van der Waals surface area (Å²) in [5.41, 5.74) is 0.923. The van der Waals surface area contributed by atoms with E-state index in [2.05, 4.69) is 26.8 Å².